The summed E-state index contributed by atoms with van der Waals surface area (Å²) in [5.74, 6) is 0. The van der Waals surface area contributed by atoms with Crippen molar-refractivity contribution in [3.8, 4) is 0 Å². The minimum atomic E-state index is 0.673. The summed E-state index contributed by atoms with van der Waals surface area (Å²) < 4.78 is 1.82. The molecular weight excluding hydrogens is 198 g/mol. The van der Waals surface area contributed by atoms with Gasteiger partial charge in [0.2, 0.25) is 0 Å². The van der Waals surface area contributed by atoms with Crippen molar-refractivity contribution < 1.29 is 0 Å². The van der Waals surface area contributed by atoms with Gasteiger partial charge in [-0.15, -0.1) is 0 Å². The van der Waals surface area contributed by atoms with Crippen LogP contribution in [0, 0.1) is 0 Å². The van der Waals surface area contributed by atoms with E-state index in [2.05, 4.69) is 5.10 Å². The summed E-state index contributed by atoms with van der Waals surface area (Å²) in [6.07, 6.45) is 3.64. The van der Waals surface area contributed by atoms with Gasteiger partial charge in [-0.1, -0.05) is 17.7 Å². The van der Waals surface area contributed by atoms with E-state index in [1.807, 2.05) is 29.1 Å². The van der Waals surface area contributed by atoms with Crippen LogP contribution in [0.3, 0.4) is 0 Å². The molecule has 0 fully saturated rings. The van der Waals surface area contributed by atoms with E-state index in [0.717, 1.165) is 5.56 Å². The van der Waals surface area contributed by atoms with Crippen LogP contribution in [0.5, 0.6) is 0 Å². The van der Waals surface area contributed by atoms with Crippen LogP contribution in [-0.2, 0) is 6.54 Å². The predicted molar refractivity (Wildman–Crippen MR) is 57.2 cm³/mol. The molecule has 2 N–H and O–H groups in total. The number of anilines is 1. The number of hydrogen-bond acceptors (Lipinski definition) is 2. The molecule has 0 aliphatic rings. The second-order valence-electron chi connectivity index (χ2n) is 3.05. The molecule has 3 nitrogen and oxygen atoms in total. The van der Waals surface area contributed by atoms with Gasteiger partial charge in [0.1, 0.15) is 0 Å². The van der Waals surface area contributed by atoms with Crippen molar-refractivity contribution in [2.75, 3.05) is 5.73 Å². The van der Waals surface area contributed by atoms with Gasteiger partial charge in [0.15, 0.2) is 0 Å². The topological polar surface area (TPSA) is 43.8 Å². The third-order valence-corrected chi connectivity index (χ3v) is 2.32. The normalized spacial score (nSPS) is 10.4. The minimum absolute atomic E-state index is 0.673. The Morgan fingerprint density at radius 1 is 1.43 bits per heavy atom. The highest BCUT2D eigenvalue weighted by Gasteiger charge is 2.01. The zero-order chi connectivity index (χ0) is 9.97. The molecule has 72 valence electrons. The van der Waals surface area contributed by atoms with Crippen molar-refractivity contribution in [1.82, 2.24) is 9.78 Å². The highest BCUT2D eigenvalue weighted by molar-refractivity contribution is 6.31. The number of hydrogen-bond donors (Lipinski definition) is 1. The lowest BCUT2D eigenvalue weighted by Gasteiger charge is -2.05. The highest BCUT2D eigenvalue weighted by atomic mass is 35.5. The monoisotopic (exact) mass is 207 g/mol. The first kappa shape index (κ1) is 9.09. The van der Waals surface area contributed by atoms with E-state index in [-0.39, 0.29) is 0 Å². The van der Waals surface area contributed by atoms with Gasteiger partial charge in [0.05, 0.1) is 6.54 Å². The van der Waals surface area contributed by atoms with Crippen molar-refractivity contribution in [3.63, 3.8) is 0 Å². The fourth-order valence-corrected chi connectivity index (χ4v) is 1.51. The highest BCUT2D eigenvalue weighted by Crippen LogP contribution is 2.19. The van der Waals surface area contributed by atoms with Gasteiger partial charge in [-0.25, -0.2) is 0 Å². The molecule has 2 aromatic rings. The Bertz CT molecular complexity index is 423. The molecule has 1 aromatic heterocycles. The molecule has 0 amide bonds. The average molecular weight is 208 g/mol. The number of benzene rings is 1. The van der Waals surface area contributed by atoms with Gasteiger partial charge >= 0.3 is 0 Å². The van der Waals surface area contributed by atoms with E-state index in [9.17, 15) is 0 Å². The number of nitrogens with two attached hydrogens (primary N) is 1. The van der Waals surface area contributed by atoms with Gasteiger partial charge in [-0.2, -0.15) is 5.10 Å². The summed E-state index contributed by atoms with van der Waals surface area (Å²) in [7, 11) is 0. The molecule has 0 bridgehead atoms. The van der Waals surface area contributed by atoms with Crippen LogP contribution in [0.15, 0.2) is 36.7 Å². The van der Waals surface area contributed by atoms with Gasteiger partial charge in [-0.3, -0.25) is 4.68 Å². The van der Waals surface area contributed by atoms with E-state index in [4.69, 9.17) is 17.3 Å². The lowest BCUT2D eigenvalue weighted by molar-refractivity contribution is 0.687. The maximum atomic E-state index is 6.03. The van der Waals surface area contributed by atoms with Crippen molar-refractivity contribution in [2.24, 2.45) is 0 Å². The van der Waals surface area contributed by atoms with Gasteiger partial charge < -0.3 is 5.73 Å². The Morgan fingerprint density at radius 3 is 2.93 bits per heavy atom. The summed E-state index contributed by atoms with van der Waals surface area (Å²) in [5.41, 5.74) is 7.29. The largest absolute Gasteiger partial charge is 0.399 e. The van der Waals surface area contributed by atoms with Crippen LogP contribution in [0.1, 0.15) is 5.56 Å². The smallest absolute Gasteiger partial charge is 0.0673 e. The lowest BCUT2D eigenvalue weighted by Crippen LogP contribution is -2.00. The molecule has 0 spiro atoms. The third-order valence-electron chi connectivity index (χ3n) is 1.97. The van der Waals surface area contributed by atoms with E-state index in [1.54, 1.807) is 12.3 Å². The van der Waals surface area contributed by atoms with Crippen molar-refractivity contribution in [2.45, 2.75) is 6.54 Å². The van der Waals surface area contributed by atoms with Crippen LogP contribution < -0.4 is 5.73 Å². The number of rotatable bonds is 2. The summed E-state index contributed by atoms with van der Waals surface area (Å²) in [6, 6.07) is 7.38. The van der Waals surface area contributed by atoms with Gasteiger partial charge in [0, 0.05) is 23.1 Å². The second kappa shape index (κ2) is 3.72. The van der Waals surface area contributed by atoms with E-state index < -0.39 is 0 Å². The van der Waals surface area contributed by atoms with Crippen molar-refractivity contribution in [3.05, 3.63) is 47.2 Å². The molecule has 0 saturated carbocycles. The lowest BCUT2D eigenvalue weighted by atomic mass is 10.2. The maximum absolute atomic E-state index is 6.03. The molecule has 0 atom stereocenters. The van der Waals surface area contributed by atoms with Gasteiger partial charge in [0.25, 0.3) is 0 Å². The van der Waals surface area contributed by atoms with Gasteiger partial charge in [-0.05, 0) is 23.8 Å². The fraction of sp³-hybridized carbons (Fsp3) is 0.100. The zero-order valence-corrected chi connectivity index (χ0v) is 8.28. The minimum Gasteiger partial charge on any atom is -0.399 e. The molecular formula is C10H10ClN3. The summed E-state index contributed by atoms with van der Waals surface area (Å²) in [4.78, 5) is 0. The quantitative estimate of drug-likeness (QED) is 0.767. The Morgan fingerprint density at radius 2 is 2.29 bits per heavy atom. The first-order valence-corrected chi connectivity index (χ1v) is 4.65. The third kappa shape index (κ3) is 1.88. The summed E-state index contributed by atoms with van der Waals surface area (Å²) in [5, 5.41) is 4.78. The Kier molecular flexibility index (Phi) is 2.41. The molecule has 0 saturated heterocycles. The predicted octanol–water partition coefficient (Wildman–Crippen LogP) is 2.17. The molecule has 1 aromatic carbocycles. The van der Waals surface area contributed by atoms with Crippen LogP contribution in [0.25, 0.3) is 0 Å². The molecule has 0 aliphatic carbocycles. The SMILES string of the molecule is Nc1ccc(Cn2cccn2)c(Cl)c1. The summed E-state index contributed by atoms with van der Waals surface area (Å²) >= 11 is 6.03. The van der Waals surface area contributed by atoms with Crippen LogP contribution in [0.2, 0.25) is 5.02 Å². The Balaban J connectivity index is 2.25. The molecule has 0 aliphatic heterocycles. The molecule has 14 heavy (non-hydrogen) atoms. The Labute approximate surface area is 87.1 Å². The van der Waals surface area contributed by atoms with E-state index in [1.165, 1.54) is 0 Å². The molecule has 0 radical (unpaired) electrons. The van der Waals surface area contributed by atoms with Crippen molar-refractivity contribution >= 4 is 17.3 Å². The number of nitrogen functional groups attached to an aromatic ring is 1. The maximum Gasteiger partial charge on any atom is 0.0673 e. The molecule has 2 rings (SSSR count). The number of aromatic nitrogens is 2. The molecule has 0 unspecified atom stereocenters. The van der Waals surface area contributed by atoms with Crippen LogP contribution in [-0.4, -0.2) is 9.78 Å². The summed E-state index contributed by atoms with van der Waals surface area (Å²) in [6.45, 7) is 0.673. The molecule has 4 heteroatoms. The van der Waals surface area contributed by atoms with E-state index in [0.29, 0.717) is 17.3 Å². The number of nitrogens with zero attached hydrogens (tertiary/aromatic N) is 2. The van der Waals surface area contributed by atoms with Crippen molar-refractivity contribution in [1.29, 1.82) is 0 Å². The first-order valence-electron chi connectivity index (χ1n) is 4.27. The standard InChI is InChI=1S/C10H10ClN3/c11-10-6-9(12)3-2-8(10)7-14-5-1-4-13-14/h1-6H,7,12H2. The van der Waals surface area contributed by atoms with Crippen LogP contribution >= 0.6 is 11.6 Å². The second-order valence-corrected chi connectivity index (χ2v) is 3.46. The first-order chi connectivity index (χ1) is 6.75. The Hall–Kier alpha value is -1.48. The van der Waals surface area contributed by atoms with E-state index >= 15 is 0 Å². The average Bonchev–Trinajstić information content (AvgIpc) is 2.62. The van der Waals surface area contributed by atoms with Crippen LogP contribution in [0.4, 0.5) is 5.69 Å². The number of halogens is 1. The molecule has 1 heterocycles. The zero-order valence-electron chi connectivity index (χ0n) is 7.52. The fourth-order valence-electron chi connectivity index (χ4n) is 1.26.